The van der Waals surface area contributed by atoms with E-state index in [1.807, 2.05) is 38.1 Å². The zero-order valence-electron chi connectivity index (χ0n) is 14.4. The van der Waals surface area contributed by atoms with E-state index in [0.717, 1.165) is 16.8 Å². The molecule has 1 heterocycles. The molecule has 6 heteroatoms. The molecule has 2 N–H and O–H groups in total. The van der Waals surface area contributed by atoms with Gasteiger partial charge in [-0.15, -0.1) is 0 Å². The molecule has 0 aliphatic heterocycles. The van der Waals surface area contributed by atoms with E-state index in [4.69, 9.17) is 5.26 Å². The van der Waals surface area contributed by atoms with Gasteiger partial charge in [0, 0.05) is 5.69 Å². The number of para-hydroxylation sites is 1. The van der Waals surface area contributed by atoms with Crippen molar-refractivity contribution in [3.8, 4) is 6.07 Å². The van der Waals surface area contributed by atoms with Crippen LogP contribution in [0.4, 0.5) is 17.2 Å². The van der Waals surface area contributed by atoms with Gasteiger partial charge >= 0.3 is 0 Å². The Morgan fingerprint density at radius 2 is 1.85 bits per heavy atom. The number of carbonyl (C=O) groups is 1. The van der Waals surface area contributed by atoms with E-state index in [1.165, 1.54) is 12.4 Å². The normalized spacial score (nSPS) is 10.0. The molecule has 1 aromatic heterocycles. The number of anilines is 3. The van der Waals surface area contributed by atoms with Crippen LogP contribution in [0, 0.1) is 25.2 Å². The summed E-state index contributed by atoms with van der Waals surface area (Å²) in [5, 5.41) is 15.0. The molecule has 0 aliphatic rings. The highest BCUT2D eigenvalue weighted by atomic mass is 16.1. The van der Waals surface area contributed by atoms with Crippen LogP contribution in [0.25, 0.3) is 0 Å². The molecule has 2 aromatic carbocycles. The smallest absolute Gasteiger partial charge is 0.275 e. The van der Waals surface area contributed by atoms with Gasteiger partial charge in [-0.1, -0.05) is 24.3 Å². The number of hydrogen-bond acceptors (Lipinski definition) is 5. The Labute approximate surface area is 151 Å². The number of hydrogen-bond donors (Lipinski definition) is 2. The Kier molecular flexibility index (Phi) is 4.90. The second kappa shape index (κ2) is 7.45. The van der Waals surface area contributed by atoms with Crippen LogP contribution in [0.3, 0.4) is 0 Å². The third-order valence-corrected chi connectivity index (χ3v) is 3.84. The van der Waals surface area contributed by atoms with Crippen LogP contribution in [0.15, 0.2) is 54.9 Å². The fraction of sp³-hybridized carbons (Fsp3) is 0.100. The summed E-state index contributed by atoms with van der Waals surface area (Å²) >= 11 is 0. The van der Waals surface area contributed by atoms with Crippen molar-refractivity contribution in [2.24, 2.45) is 0 Å². The quantitative estimate of drug-likeness (QED) is 0.748. The first-order valence-electron chi connectivity index (χ1n) is 8.03. The Hall–Kier alpha value is -3.72. The molecule has 0 saturated carbocycles. The predicted molar refractivity (Wildman–Crippen MR) is 100 cm³/mol. The highest BCUT2D eigenvalue weighted by molar-refractivity contribution is 6.03. The molecule has 1 amide bonds. The lowest BCUT2D eigenvalue weighted by atomic mass is 10.1. The molecule has 0 fully saturated rings. The standard InChI is InChI=1S/C20H17N5O/c1-13-7-8-14(2)17(9-13)24-19-12-22-18(11-23-19)20(26)25-16-6-4-3-5-15(16)10-21/h3-9,11-12H,1-2H3,(H,23,24)(H,25,26). The lowest BCUT2D eigenvalue weighted by molar-refractivity contribution is 0.102. The van der Waals surface area contributed by atoms with Gasteiger partial charge in [0.2, 0.25) is 0 Å². The third-order valence-electron chi connectivity index (χ3n) is 3.84. The first-order chi connectivity index (χ1) is 12.6. The van der Waals surface area contributed by atoms with Gasteiger partial charge in [0.15, 0.2) is 0 Å². The van der Waals surface area contributed by atoms with Crippen molar-refractivity contribution in [2.75, 3.05) is 10.6 Å². The third kappa shape index (κ3) is 3.84. The average molecular weight is 343 g/mol. The molecule has 0 atom stereocenters. The summed E-state index contributed by atoms with van der Waals surface area (Å²) in [6, 6.07) is 14.9. The van der Waals surface area contributed by atoms with Crippen LogP contribution in [-0.4, -0.2) is 15.9 Å². The van der Waals surface area contributed by atoms with Crippen molar-refractivity contribution < 1.29 is 4.79 Å². The molecule has 3 rings (SSSR count). The summed E-state index contributed by atoms with van der Waals surface area (Å²) < 4.78 is 0. The number of nitriles is 1. The van der Waals surface area contributed by atoms with E-state index in [-0.39, 0.29) is 5.69 Å². The van der Waals surface area contributed by atoms with E-state index in [9.17, 15) is 4.79 Å². The van der Waals surface area contributed by atoms with Crippen LogP contribution in [0.5, 0.6) is 0 Å². The van der Waals surface area contributed by atoms with Gasteiger partial charge in [0.25, 0.3) is 5.91 Å². The zero-order valence-corrected chi connectivity index (χ0v) is 14.4. The number of rotatable bonds is 4. The molecule has 3 aromatic rings. The lowest BCUT2D eigenvalue weighted by Crippen LogP contribution is -2.15. The number of benzene rings is 2. The van der Waals surface area contributed by atoms with Crippen molar-refractivity contribution >= 4 is 23.1 Å². The van der Waals surface area contributed by atoms with Crippen LogP contribution in [0.2, 0.25) is 0 Å². The summed E-state index contributed by atoms with van der Waals surface area (Å²) in [4.78, 5) is 20.7. The fourth-order valence-electron chi connectivity index (χ4n) is 2.39. The summed E-state index contributed by atoms with van der Waals surface area (Å²) in [6.45, 7) is 4.02. The SMILES string of the molecule is Cc1ccc(C)c(Nc2cnc(C(=O)Nc3ccccc3C#N)cn2)c1. The van der Waals surface area contributed by atoms with Crippen LogP contribution < -0.4 is 10.6 Å². The topological polar surface area (TPSA) is 90.7 Å². The van der Waals surface area contributed by atoms with Gasteiger partial charge < -0.3 is 10.6 Å². The largest absolute Gasteiger partial charge is 0.339 e. The van der Waals surface area contributed by atoms with E-state index < -0.39 is 5.91 Å². The molecule has 128 valence electrons. The summed E-state index contributed by atoms with van der Waals surface area (Å²) in [7, 11) is 0. The van der Waals surface area contributed by atoms with Crippen molar-refractivity contribution in [3.05, 3.63) is 77.2 Å². The predicted octanol–water partition coefficient (Wildman–Crippen LogP) is 3.96. The minimum absolute atomic E-state index is 0.171. The van der Waals surface area contributed by atoms with Crippen molar-refractivity contribution in [1.29, 1.82) is 5.26 Å². The summed E-state index contributed by atoms with van der Waals surface area (Å²) in [5.74, 6) is 0.131. The Morgan fingerprint density at radius 1 is 1.04 bits per heavy atom. The average Bonchev–Trinajstić information content (AvgIpc) is 2.65. The van der Waals surface area contributed by atoms with Crippen molar-refractivity contribution in [3.63, 3.8) is 0 Å². The van der Waals surface area contributed by atoms with E-state index >= 15 is 0 Å². The number of nitrogens with zero attached hydrogens (tertiary/aromatic N) is 3. The summed E-state index contributed by atoms with van der Waals surface area (Å²) in [6.07, 6.45) is 2.91. The van der Waals surface area contributed by atoms with Crippen LogP contribution in [-0.2, 0) is 0 Å². The fourth-order valence-corrected chi connectivity index (χ4v) is 2.39. The van der Waals surface area contributed by atoms with Crippen LogP contribution >= 0.6 is 0 Å². The zero-order chi connectivity index (χ0) is 18.5. The Morgan fingerprint density at radius 3 is 2.58 bits per heavy atom. The first-order valence-corrected chi connectivity index (χ1v) is 8.03. The maximum atomic E-state index is 12.3. The molecule has 0 bridgehead atoms. The van der Waals surface area contributed by atoms with E-state index in [1.54, 1.807) is 24.3 Å². The number of nitrogens with one attached hydrogen (secondary N) is 2. The molecule has 0 radical (unpaired) electrons. The van der Waals surface area contributed by atoms with E-state index in [2.05, 4.69) is 20.6 Å². The second-order valence-corrected chi connectivity index (χ2v) is 5.84. The van der Waals surface area contributed by atoms with E-state index in [0.29, 0.717) is 17.1 Å². The van der Waals surface area contributed by atoms with Crippen molar-refractivity contribution in [1.82, 2.24) is 9.97 Å². The number of aromatic nitrogens is 2. The van der Waals surface area contributed by atoms with Gasteiger partial charge in [-0.25, -0.2) is 9.97 Å². The molecule has 0 unspecified atom stereocenters. The van der Waals surface area contributed by atoms with Gasteiger partial charge in [0.1, 0.15) is 17.6 Å². The molecule has 6 nitrogen and oxygen atoms in total. The summed E-state index contributed by atoms with van der Waals surface area (Å²) in [5.41, 5.74) is 4.18. The molecule has 0 spiro atoms. The molecule has 26 heavy (non-hydrogen) atoms. The highest BCUT2D eigenvalue weighted by Crippen LogP contribution is 2.20. The van der Waals surface area contributed by atoms with Crippen molar-refractivity contribution in [2.45, 2.75) is 13.8 Å². The van der Waals surface area contributed by atoms with Gasteiger partial charge in [-0.2, -0.15) is 5.26 Å². The lowest BCUT2D eigenvalue weighted by Gasteiger charge is -2.10. The highest BCUT2D eigenvalue weighted by Gasteiger charge is 2.11. The molecular formula is C20H17N5O. The maximum Gasteiger partial charge on any atom is 0.275 e. The molecule has 0 aliphatic carbocycles. The Bertz CT molecular complexity index is 990. The number of aryl methyl sites for hydroxylation is 2. The minimum Gasteiger partial charge on any atom is -0.339 e. The minimum atomic E-state index is -0.418. The maximum absolute atomic E-state index is 12.3. The van der Waals surface area contributed by atoms with Crippen LogP contribution in [0.1, 0.15) is 27.2 Å². The van der Waals surface area contributed by atoms with Gasteiger partial charge in [-0.05, 0) is 43.2 Å². The first kappa shape index (κ1) is 17.1. The molecular weight excluding hydrogens is 326 g/mol. The number of carbonyl (C=O) groups excluding carboxylic acids is 1. The number of amides is 1. The molecule has 0 saturated heterocycles. The van der Waals surface area contributed by atoms with Gasteiger partial charge in [0.05, 0.1) is 23.6 Å². The second-order valence-electron chi connectivity index (χ2n) is 5.84. The monoisotopic (exact) mass is 343 g/mol. The Balaban J connectivity index is 1.74. The van der Waals surface area contributed by atoms with Gasteiger partial charge in [-0.3, -0.25) is 4.79 Å².